The molecule has 2 rings (SSSR count). The lowest BCUT2D eigenvalue weighted by Gasteiger charge is -2.34. The highest BCUT2D eigenvalue weighted by Crippen LogP contribution is 2.36. The van der Waals surface area contributed by atoms with Crippen LogP contribution in [0.15, 0.2) is 0 Å². The minimum Gasteiger partial charge on any atom is -0.466 e. The Morgan fingerprint density at radius 1 is 1.41 bits per heavy atom. The minimum absolute atomic E-state index is 0.00485. The Morgan fingerprint density at radius 3 is 2.65 bits per heavy atom. The third-order valence-electron chi connectivity index (χ3n) is 2.60. The fourth-order valence-electron chi connectivity index (χ4n) is 1.74. The van der Waals surface area contributed by atoms with Gasteiger partial charge in [0.05, 0.1) is 0 Å². The lowest BCUT2D eigenvalue weighted by molar-refractivity contribution is -0.138. The minimum atomic E-state index is -4.44. The molecule has 1 fully saturated rings. The zero-order valence-electron chi connectivity index (χ0n) is 9.12. The SMILES string of the molecule is CNCC1CC(Oc2nnc(C(F)(F)F)s2)C1. The van der Waals surface area contributed by atoms with Crippen LogP contribution >= 0.6 is 11.3 Å². The van der Waals surface area contributed by atoms with E-state index in [0.717, 1.165) is 19.4 Å². The second-order valence-corrected chi connectivity index (χ2v) is 4.95. The third-order valence-corrected chi connectivity index (χ3v) is 3.46. The summed E-state index contributed by atoms with van der Waals surface area (Å²) in [6.07, 6.45) is -2.76. The fraction of sp³-hybridized carbons (Fsp3) is 0.778. The zero-order chi connectivity index (χ0) is 12.5. The topological polar surface area (TPSA) is 47.0 Å². The van der Waals surface area contributed by atoms with Crippen LogP contribution in [0.1, 0.15) is 17.8 Å². The van der Waals surface area contributed by atoms with Gasteiger partial charge < -0.3 is 10.1 Å². The summed E-state index contributed by atoms with van der Waals surface area (Å²) in [5.41, 5.74) is 0. The molecule has 0 aromatic carbocycles. The van der Waals surface area contributed by atoms with Gasteiger partial charge in [0.25, 0.3) is 5.19 Å². The smallest absolute Gasteiger partial charge is 0.445 e. The van der Waals surface area contributed by atoms with Crippen LogP contribution in [0.3, 0.4) is 0 Å². The predicted octanol–water partition coefficient (Wildman–Crippen LogP) is 1.93. The first-order valence-corrected chi connectivity index (χ1v) is 6.02. The van der Waals surface area contributed by atoms with Gasteiger partial charge in [-0.2, -0.15) is 13.2 Å². The standard InChI is InChI=1S/C9H12F3N3OS/c1-13-4-5-2-6(3-5)16-8-15-14-7(17-8)9(10,11)12/h5-6,13H,2-4H2,1H3. The van der Waals surface area contributed by atoms with E-state index in [-0.39, 0.29) is 11.3 Å². The summed E-state index contributed by atoms with van der Waals surface area (Å²) >= 11 is 0.447. The summed E-state index contributed by atoms with van der Waals surface area (Å²) in [7, 11) is 1.87. The molecule has 1 saturated carbocycles. The van der Waals surface area contributed by atoms with Crippen molar-refractivity contribution in [2.45, 2.75) is 25.1 Å². The number of hydrogen-bond donors (Lipinski definition) is 1. The van der Waals surface area contributed by atoms with E-state index >= 15 is 0 Å². The summed E-state index contributed by atoms with van der Waals surface area (Å²) in [5.74, 6) is 0.542. The van der Waals surface area contributed by atoms with Gasteiger partial charge in [-0.3, -0.25) is 0 Å². The van der Waals surface area contributed by atoms with Crippen LogP contribution in [0.4, 0.5) is 13.2 Å². The molecule has 0 aliphatic heterocycles. The van der Waals surface area contributed by atoms with E-state index in [1.807, 2.05) is 7.05 Å². The summed E-state index contributed by atoms with van der Waals surface area (Å²) < 4.78 is 42.0. The number of hydrogen-bond acceptors (Lipinski definition) is 5. The maximum atomic E-state index is 12.2. The lowest BCUT2D eigenvalue weighted by atomic mass is 9.82. The van der Waals surface area contributed by atoms with E-state index in [4.69, 9.17) is 4.74 Å². The third kappa shape index (κ3) is 3.06. The Labute approximate surface area is 100 Å². The Morgan fingerprint density at radius 2 is 2.12 bits per heavy atom. The number of halogens is 3. The Kier molecular flexibility index (Phi) is 3.53. The van der Waals surface area contributed by atoms with Crippen LogP contribution in [0, 0.1) is 5.92 Å². The van der Waals surface area contributed by atoms with E-state index in [2.05, 4.69) is 15.5 Å². The van der Waals surface area contributed by atoms with Gasteiger partial charge >= 0.3 is 6.18 Å². The van der Waals surface area contributed by atoms with Crippen LogP contribution in [0.5, 0.6) is 5.19 Å². The van der Waals surface area contributed by atoms with E-state index in [0.29, 0.717) is 17.3 Å². The molecular weight excluding hydrogens is 255 g/mol. The van der Waals surface area contributed by atoms with Crippen LogP contribution in [-0.2, 0) is 6.18 Å². The van der Waals surface area contributed by atoms with Crippen molar-refractivity contribution in [2.24, 2.45) is 5.92 Å². The van der Waals surface area contributed by atoms with Gasteiger partial charge in [-0.15, -0.1) is 5.10 Å². The normalized spacial score (nSPS) is 24.5. The monoisotopic (exact) mass is 267 g/mol. The first-order valence-electron chi connectivity index (χ1n) is 5.21. The highest BCUT2D eigenvalue weighted by molar-refractivity contribution is 7.13. The summed E-state index contributed by atoms with van der Waals surface area (Å²) in [5, 5.41) is 8.54. The maximum absolute atomic E-state index is 12.2. The van der Waals surface area contributed by atoms with Crippen LogP contribution in [0.2, 0.25) is 0 Å². The predicted molar refractivity (Wildman–Crippen MR) is 56.0 cm³/mol. The number of alkyl halides is 3. The van der Waals surface area contributed by atoms with Gasteiger partial charge in [0.1, 0.15) is 6.10 Å². The molecule has 8 heteroatoms. The first kappa shape index (κ1) is 12.6. The van der Waals surface area contributed by atoms with E-state index < -0.39 is 11.2 Å². The lowest BCUT2D eigenvalue weighted by Crippen LogP contribution is -2.38. The summed E-state index contributed by atoms with van der Waals surface area (Å²) in [4.78, 5) is 0. The second-order valence-electron chi connectivity index (χ2n) is 4.01. The highest BCUT2D eigenvalue weighted by atomic mass is 32.1. The van der Waals surface area contributed by atoms with Gasteiger partial charge in [-0.05, 0) is 32.4 Å². The van der Waals surface area contributed by atoms with Gasteiger partial charge in [-0.1, -0.05) is 16.4 Å². The molecule has 0 spiro atoms. The molecule has 0 saturated heterocycles. The maximum Gasteiger partial charge on any atom is 0.445 e. The van der Waals surface area contributed by atoms with Crippen molar-refractivity contribution >= 4 is 11.3 Å². The van der Waals surface area contributed by atoms with Crippen molar-refractivity contribution in [2.75, 3.05) is 13.6 Å². The molecule has 1 aliphatic carbocycles. The molecule has 0 radical (unpaired) electrons. The molecule has 4 nitrogen and oxygen atoms in total. The average molecular weight is 267 g/mol. The number of nitrogens with zero attached hydrogens (tertiary/aromatic N) is 2. The van der Waals surface area contributed by atoms with Gasteiger partial charge in [0.2, 0.25) is 5.01 Å². The zero-order valence-corrected chi connectivity index (χ0v) is 9.94. The molecule has 1 aliphatic rings. The molecule has 0 bridgehead atoms. The number of nitrogens with one attached hydrogen (secondary N) is 1. The fourth-order valence-corrected chi connectivity index (χ4v) is 2.37. The molecule has 1 aromatic rings. The molecule has 0 unspecified atom stereocenters. The number of rotatable bonds is 4. The van der Waals surface area contributed by atoms with Gasteiger partial charge in [0.15, 0.2) is 0 Å². The first-order chi connectivity index (χ1) is 7.99. The van der Waals surface area contributed by atoms with Crippen LogP contribution in [-0.4, -0.2) is 29.9 Å². The number of ether oxygens (including phenoxy) is 1. The molecule has 0 amide bonds. The summed E-state index contributed by atoms with van der Waals surface area (Å²) in [6, 6.07) is 0. The van der Waals surface area contributed by atoms with Crippen molar-refractivity contribution in [3.05, 3.63) is 5.01 Å². The van der Waals surface area contributed by atoms with Crippen molar-refractivity contribution in [3.8, 4) is 5.19 Å². The largest absolute Gasteiger partial charge is 0.466 e. The number of aromatic nitrogens is 2. The molecular formula is C9H12F3N3OS. The molecule has 1 N–H and O–H groups in total. The Hall–Kier alpha value is -0.890. The Bertz CT molecular complexity index is 376. The van der Waals surface area contributed by atoms with Gasteiger partial charge in [-0.25, -0.2) is 0 Å². The van der Waals surface area contributed by atoms with Crippen molar-refractivity contribution in [1.29, 1.82) is 0 Å². The van der Waals surface area contributed by atoms with Gasteiger partial charge in [0, 0.05) is 0 Å². The summed E-state index contributed by atoms with van der Waals surface area (Å²) in [6.45, 7) is 0.907. The molecule has 0 atom stereocenters. The van der Waals surface area contributed by atoms with Crippen LogP contribution in [0.25, 0.3) is 0 Å². The molecule has 1 heterocycles. The van der Waals surface area contributed by atoms with Crippen LogP contribution < -0.4 is 10.1 Å². The average Bonchev–Trinajstić information content (AvgIpc) is 2.62. The van der Waals surface area contributed by atoms with Crippen molar-refractivity contribution in [3.63, 3.8) is 0 Å². The van der Waals surface area contributed by atoms with Crippen molar-refractivity contribution in [1.82, 2.24) is 15.5 Å². The highest BCUT2D eigenvalue weighted by Gasteiger charge is 2.37. The second kappa shape index (κ2) is 4.77. The van der Waals surface area contributed by atoms with Crippen molar-refractivity contribution < 1.29 is 17.9 Å². The van der Waals surface area contributed by atoms with E-state index in [1.165, 1.54) is 0 Å². The molecule has 1 aromatic heterocycles. The Balaban J connectivity index is 1.83. The van der Waals surface area contributed by atoms with E-state index in [1.54, 1.807) is 0 Å². The molecule has 96 valence electrons. The molecule has 17 heavy (non-hydrogen) atoms. The quantitative estimate of drug-likeness (QED) is 0.905. The van der Waals surface area contributed by atoms with E-state index in [9.17, 15) is 13.2 Å².